The molecule has 1 atom stereocenters. The SMILES string of the molecule is CC(=O)Nc1ccc(NC(=O)NC(C)CCC(=O)O)cc1. The monoisotopic (exact) mass is 293 g/mol. The third-order valence-corrected chi connectivity index (χ3v) is 2.63. The third kappa shape index (κ3) is 6.95. The van der Waals surface area contributed by atoms with Gasteiger partial charge in [0, 0.05) is 30.8 Å². The van der Waals surface area contributed by atoms with Crippen LogP contribution in [0.1, 0.15) is 26.7 Å². The van der Waals surface area contributed by atoms with E-state index in [0.717, 1.165) is 0 Å². The molecule has 114 valence electrons. The van der Waals surface area contributed by atoms with Crippen molar-refractivity contribution in [2.45, 2.75) is 32.7 Å². The van der Waals surface area contributed by atoms with E-state index >= 15 is 0 Å². The second kappa shape index (κ2) is 7.88. The number of aliphatic carboxylic acids is 1. The van der Waals surface area contributed by atoms with E-state index in [2.05, 4.69) is 16.0 Å². The van der Waals surface area contributed by atoms with E-state index < -0.39 is 12.0 Å². The Morgan fingerprint density at radius 3 is 2.10 bits per heavy atom. The van der Waals surface area contributed by atoms with Crippen molar-refractivity contribution >= 4 is 29.3 Å². The number of amides is 3. The molecule has 0 saturated carbocycles. The molecule has 0 bridgehead atoms. The van der Waals surface area contributed by atoms with Gasteiger partial charge < -0.3 is 21.1 Å². The summed E-state index contributed by atoms with van der Waals surface area (Å²) in [5.74, 6) is -1.06. The summed E-state index contributed by atoms with van der Waals surface area (Å²) in [6, 6.07) is 6.02. The van der Waals surface area contributed by atoms with Gasteiger partial charge in [0.05, 0.1) is 0 Å². The van der Waals surface area contributed by atoms with E-state index in [4.69, 9.17) is 5.11 Å². The molecular weight excluding hydrogens is 274 g/mol. The molecule has 1 aromatic carbocycles. The largest absolute Gasteiger partial charge is 0.481 e. The molecule has 0 fully saturated rings. The van der Waals surface area contributed by atoms with Gasteiger partial charge in [0.15, 0.2) is 0 Å². The highest BCUT2D eigenvalue weighted by atomic mass is 16.4. The zero-order chi connectivity index (χ0) is 15.8. The molecule has 7 nitrogen and oxygen atoms in total. The van der Waals surface area contributed by atoms with Crippen LogP contribution in [-0.2, 0) is 9.59 Å². The summed E-state index contributed by atoms with van der Waals surface area (Å²) >= 11 is 0. The lowest BCUT2D eigenvalue weighted by atomic mass is 10.2. The predicted molar refractivity (Wildman–Crippen MR) is 79.2 cm³/mol. The fourth-order valence-corrected chi connectivity index (χ4v) is 1.64. The normalized spacial score (nSPS) is 11.3. The van der Waals surface area contributed by atoms with Gasteiger partial charge in [-0.25, -0.2) is 4.79 Å². The Labute approximate surface area is 122 Å². The molecular formula is C14H19N3O4. The molecule has 4 N–H and O–H groups in total. The maximum atomic E-state index is 11.7. The molecule has 1 aromatic rings. The van der Waals surface area contributed by atoms with Crippen molar-refractivity contribution in [1.29, 1.82) is 0 Å². The molecule has 0 aliphatic carbocycles. The van der Waals surface area contributed by atoms with Gasteiger partial charge >= 0.3 is 12.0 Å². The first-order chi connectivity index (χ1) is 9.86. The highest BCUT2D eigenvalue weighted by Gasteiger charge is 2.09. The number of urea groups is 1. The molecule has 7 heteroatoms. The van der Waals surface area contributed by atoms with Crippen LogP contribution in [0.4, 0.5) is 16.2 Å². The summed E-state index contributed by atoms with van der Waals surface area (Å²) in [7, 11) is 0. The summed E-state index contributed by atoms with van der Waals surface area (Å²) < 4.78 is 0. The number of nitrogens with one attached hydrogen (secondary N) is 3. The number of benzene rings is 1. The first-order valence-electron chi connectivity index (χ1n) is 6.54. The molecule has 0 saturated heterocycles. The van der Waals surface area contributed by atoms with Crippen LogP contribution in [0.25, 0.3) is 0 Å². The molecule has 0 radical (unpaired) electrons. The number of hydrogen-bond acceptors (Lipinski definition) is 3. The minimum atomic E-state index is -0.891. The second-order valence-corrected chi connectivity index (χ2v) is 4.69. The average Bonchev–Trinajstić information content (AvgIpc) is 2.38. The fourth-order valence-electron chi connectivity index (χ4n) is 1.64. The minimum Gasteiger partial charge on any atom is -0.481 e. The lowest BCUT2D eigenvalue weighted by Gasteiger charge is -2.14. The Balaban J connectivity index is 2.43. The van der Waals surface area contributed by atoms with E-state index in [-0.39, 0.29) is 18.4 Å². The number of rotatable bonds is 6. The zero-order valence-electron chi connectivity index (χ0n) is 12.0. The van der Waals surface area contributed by atoms with Gasteiger partial charge in [-0.05, 0) is 37.6 Å². The Bertz CT molecular complexity index is 513. The average molecular weight is 293 g/mol. The van der Waals surface area contributed by atoms with Crippen molar-refractivity contribution in [1.82, 2.24) is 5.32 Å². The van der Waals surface area contributed by atoms with E-state index in [1.54, 1.807) is 31.2 Å². The van der Waals surface area contributed by atoms with E-state index in [1.807, 2.05) is 0 Å². The second-order valence-electron chi connectivity index (χ2n) is 4.69. The summed E-state index contributed by atoms with van der Waals surface area (Å²) in [5.41, 5.74) is 1.22. The van der Waals surface area contributed by atoms with Gasteiger partial charge in [-0.1, -0.05) is 0 Å². The van der Waals surface area contributed by atoms with Crippen molar-refractivity contribution in [2.75, 3.05) is 10.6 Å². The van der Waals surface area contributed by atoms with Gasteiger partial charge in [0.25, 0.3) is 0 Å². The molecule has 0 aromatic heterocycles. The summed E-state index contributed by atoms with van der Waals surface area (Å²) in [4.78, 5) is 33.0. The number of carbonyl (C=O) groups excluding carboxylic acids is 2. The molecule has 0 spiro atoms. The Morgan fingerprint density at radius 2 is 1.62 bits per heavy atom. The Morgan fingerprint density at radius 1 is 1.10 bits per heavy atom. The predicted octanol–water partition coefficient (Wildman–Crippen LogP) is 2.02. The summed E-state index contributed by atoms with van der Waals surface area (Å²) in [6.45, 7) is 3.15. The molecule has 0 aliphatic rings. The summed E-state index contributed by atoms with van der Waals surface area (Å²) in [6.07, 6.45) is 0.372. The number of carbonyl (C=O) groups is 3. The maximum Gasteiger partial charge on any atom is 0.319 e. The van der Waals surface area contributed by atoms with Crippen LogP contribution in [0.5, 0.6) is 0 Å². The minimum absolute atomic E-state index is 0.00680. The number of carboxylic acids is 1. The molecule has 1 unspecified atom stereocenters. The fraction of sp³-hybridized carbons (Fsp3) is 0.357. The first-order valence-corrected chi connectivity index (χ1v) is 6.54. The van der Waals surface area contributed by atoms with Crippen molar-refractivity contribution < 1.29 is 19.5 Å². The van der Waals surface area contributed by atoms with Crippen molar-refractivity contribution in [2.24, 2.45) is 0 Å². The quantitative estimate of drug-likeness (QED) is 0.643. The highest BCUT2D eigenvalue weighted by molar-refractivity contribution is 5.91. The van der Waals surface area contributed by atoms with E-state index in [0.29, 0.717) is 17.8 Å². The van der Waals surface area contributed by atoms with Crippen LogP contribution >= 0.6 is 0 Å². The standard InChI is InChI=1S/C14H19N3O4/c1-9(3-8-13(19)20)15-14(21)17-12-6-4-11(5-7-12)16-10(2)18/h4-7,9H,3,8H2,1-2H3,(H,16,18)(H,19,20)(H2,15,17,21). The molecule has 0 heterocycles. The van der Waals surface area contributed by atoms with Crippen molar-refractivity contribution in [3.05, 3.63) is 24.3 Å². The lowest BCUT2D eigenvalue weighted by molar-refractivity contribution is -0.137. The topological polar surface area (TPSA) is 108 Å². The van der Waals surface area contributed by atoms with Gasteiger partial charge in [-0.3, -0.25) is 9.59 Å². The van der Waals surface area contributed by atoms with Gasteiger partial charge in [-0.2, -0.15) is 0 Å². The number of carboxylic acid groups (broad SMARTS) is 1. The molecule has 3 amide bonds. The maximum absolute atomic E-state index is 11.7. The third-order valence-electron chi connectivity index (χ3n) is 2.63. The van der Waals surface area contributed by atoms with Crippen LogP contribution in [0.2, 0.25) is 0 Å². The van der Waals surface area contributed by atoms with Crippen LogP contribution in [0, 0.1) is 0 Å². The van der Waals surface area contributed by atoms with Crippen molar-refractivity contribution in [3.63, 3.8) is 0 Å². The number of hydrogen-bond donors (Lipinski definition) is 4. The van der Waals surface area contributed by atoms with Crippen LogP contribution in [-0.4, -0.2) is 29.1 Å². The van der Waals surface area contributed by atoms with Crippen LogP contribution in [0.15, 0.2) is 24.3 Å². The molecule has 21 heavy (non-hydrogen) atoms. The molecule has 1 rings (SSSR count). The Hall–Kier alpha value is -2.57. The first kappa shape index (κ1) is 16.5. The van der Waals surface area contributed by atoms with Gasteiger partial charge in [0.1, 0.15) is 0 Å². The Kier molecular flexibility index (Phi) is 6.19. The highest BCUT2D eigenvalue weighted by Crippen LogP contribution is 2.13. The lowest BCUT2D eigenvalue weighted by Crippen LogP contribution is -2.36. The van der Waals surface area contributed by atoms with Gasteiger partial charge in [0.2, 0.25) is 5.91 Å². The van der Waals surface area contributed by atoms with E-state index in [9.17, 15) is 14.4 Å². The summed E-state index contributed by atoms with van der Waals surface area (Å²) in [5, 5.41) is 16.5. The zero-order valence-corrected chi connectivity index (χ0v) is 12.0. The number of anilines is 2. The molecule has 0 aliphatic heterocycles. The van der Waals surface area contributed by atoms with Crippen molar-refractivity contribution in [3.8, 4) is 0 Å². The van der Waals surface area contributed by atoms with Crippen LogP contribution in [0.3, 0.4) is 0 Å². The van der Waals surface area contributed by atoms with E-state index in [1.165, 1.54) is 6.92 Å². The van der Waals surface area contributed by atoms with Crippen LogP contribution < -0.4 is 16.0 Å². The smallest absolute Gasteiger partial charge is 0.319 e. The van der Waals surface area contributed by atoms with Gasteiger partial charge in [-0.15, -0.1) is 0 Å².